The van der Waals surface area contributed by atoms with E-state index in [1.807, 2.05) is 35.0 Å². The number of carbonyl (C=O) groups is 1. The van der Waals surface area contributed by atoms with Crippen LogP contribution in [0.2, 0.25) is 0 Å². The molecule has 6 nitrogen and oxygen atoms in total. The lowest BCUT2D eigenvalue weighted by Crippen LogP contribution is -2.12. The topological polar surface area (TPSA) is 72.2 Å². The van der Waals surface area contributed by atoms with Gasteiger partial charge in [-0.1, -0.05) is 23.1 Å². The Labute approximate surface area is 151 Å². The van der Waals surface area contributed by atoms with Crippen molar-refractivity contribution in [1.29, 1.82) is 0 Å². The third-order valence-corrected chi connectivity index (χ3v) is 5.95. The molecular weight excluding hydrogens is 354 g/mol. The first kappa shape index (κ1) is 14.9. The summed E-state index contributed by atoms with van der Waals surface area (Å²) < 4.78 is 3.02. The Kier molecular flexibility index (Phi) is 3.46. The van der Waals surface area contributed by atoms with Gasteiger partial charge in [0.15, 0.2) is 5.13 Å². The largest absolute Gasteiger partial charge is 0.302 e. The molecule has 0 atom stereocenters. The second kappa shape index (κ2) is 5.82. The first-order valence-corrected chi connectivity index (χ1v) is 9.57. The molecule has 4 aromatic rings. The van der Waals surface area contributed by atoms with Gasteiger partial charge in [0.1, 0.15) is 5.03 Å². The molecule has 1 amide bonds. The third kappa shape index (κ3) is 2.87. The molecule has 1 aromatic carbocycles. The lowest BCUT2D eigenvalue weighted by Gasteiger charge is -2.01. The van der Waals surface area contributed by atoms with Crippen LogP contribution in [-0.2, 0) is 4.79 Å². The summed E-state index contributed by atoms with van der Waals surface area (Å²) in [6, 6.07) is 8.01. The molecule has 0 bridgehead atoms. The van der Waals surface area contributed by atoms with E-state index in [0.29, 0.717) is 10.9 Å². The average molecular weight is 367 g/mol. The van der Waals surface area contributed by atoms with Gasteiger partial charge in [-0.3, -0.25) is 9.20 Å². The van der Waals surface area contributed by atoms with Gasteiger partial charge in [0.05, 0.1) is 16.4 Å². The minimum absolute atomic E-state index is 0.0897. The van der Waals surface area contributed by atoms with Gasteiger partial charge in [-0.2, -0.15) is 0 Å². The first-order valence-electron chi connectivity index (χ1n) is 7.94. The molecule has 1 N–H and O–H groups in total. The number of amides is 1. The Morgan fingerprint density at radius 3 is 3.12 bits per heavy atom. The number of rotatable bonds is 4. The fourth-order valence-electron chi connectivity index (χ4n) is 2.58. The van der Waals surface area contributed by atoms with E-state index in [1.165, 1.54) is 11.3 Å². The molecule has 0 spiro atoms. The molecule has 1 saturated carbocycles. The molecule has 124 valence electrons. The summed E-state index contributed by atoms with van der Waals surface area (Å²) in [5.74, 6) is 0.961. The van der Waals surface area contributed by atoms with E-state index >= 15 is 0 Å². The van der Waals surface area contributed by atoms with Crippen LogP contribution in [0.15, 0.2) is 52.8 Å². The number of anilines is 1. The highest BCUT2D eigenvalue weighted by Crippen LogP contribution is 2.35. The van der Waals surface area contributed by atoms with Gasteiger partial charge in [0.25, 0.3) is 0 Å². The van der Waals surface area contributed by atoms with E-state index in [2.05, 4.69) is 26.3 Å². The van der Waals surface area contributed by atoms with Crippen LogP contribution in [0.5, 0.6) is 0 Å². The number of aromatic nitrogens is 4. The molecule has 5 rings (SSSR count). The third-order valence-electron chi connectivity index (χ3n) is 4.02. The molecule has 3 heterocycles. The Hall–Kier alpha value is -2.45. The highest BCUT2D eigenvalue weighted by atomic mass is 32.2. The number of carbonyl (C=O) groups excluding carboxylic acids is 1. The van der Waals surface area contributed by atoms with Crippen molar-refractivity contribution >= 4 is 50.1 Å². The van der Waals surface area contributed by atoms with Crippen molar-refractivity contribution in [3.8, 4) is 0 Å². The molecule has 25 heavy (non-hydrogen) atoms. The number of benzene rings is 1. The Balaban J connectivity index is 1.42. The second-order valence-corrected chi connectivity index (χ2v) is 8.02. The van der Waals surface area contributed by atoms with Crippen LogP contribution in [0, 0.1) is 5.92 Å². The van der Waals surface area contributed by atoms with Crippen molar-refractivity contribution in [2.24, 2.45) is 5.92 Å². The molecule has 8 heteroatoms. The molecule has 0 saturated heterocycles. The normalized spacial score (nSPS) is 14.2. The van der Waals surface area contributed by atoms with Crippen LogP contribution >= 0.6 is 23.1 Å². The van der Waals surface area contributed by atoms with Crippen LogP contribution in [0.1, 0.15) is 12.8 Å². The van der Waals surface area contributed by atoms with E-state index in [9.17, 15) is 4.79 Å². The van der Waals surface area contributed by atoms with Gasteiger partial charge < -0.3 is 5.32 Å². The number of thiazole rings is 1. The average Bonchev–Trinajstić information content (AvgIpc) is 3.29. The predicted molar refractivity (Wildman–Crippen MR) is 98.1 cm³/mol. The molecule has 1 aliphatic rings. The Bertz CT molecular complexity index is 1100. The zero-order valence-electron chi connectivity index (χ0n) is 13.0. The molecular formula is C17H13N5OS2. The summed E-state index contributed by atoms with van der Waals surface area (Å²) in [6.07, 6.45) is 7.49. The van der Waals surface area contributed by atoms with Crippen molar-refractivity contribution in [1.82, 2.24) is 19.4 Å². The summed E-state index contributed by atoms with van der Waals surface area (Å²) >= 11 is 3.14. The minimum Gasteiger partial charge on any atom is -0.302 e. The SMILES string of the molecule is O=C(Nc1nc2ccc(Sc3cnc4ncccn34)cc2s1)C1CC1. The second-order valence-electron chi connectivity index (χ2n) is 5.90. The summed E-state index contributed by atoms with van der Waals surface area (Å²) in [6.45, 7) is 0. The van der Waals surface area contributed by atoms with E-state index < -0.39 is 0 Å². The summed E-state index contributed by atoms with van der Waals surface area (Å²) in [7, 11) is 0. The number of nitrogens with zero attached hydrogens (tertiary/aromatic N) is 4. The van der Waals surface area contributed by atoms with Crippen molar-refractivity contribution in [3.05, 3.63) is 42.9 Å². The van der Waals surface area contributed by atoms with Gasteiger partial charge in [0, 0.05) is 23.2 Å². The first-order chi connectivity index (χ1) is 12.3. The van der Waals surface area contributed by atoms with Crippen LogP contribution < -0.4 is 5.32 Å². The van der Waals surface area contributed by atoms with Gasteiger partial charge in [0.2, 0.25) is 11.7 Å². The smallest absolute Gasteiger partial charge is 0.234 e. The molecule has 0 radical (unpaired) electrons. The summed E-state index contributed by atoms with van der Waals surface area (Å²) in [5.41, 5.74) is 0.903. The lowest BCUT2D eigenvalue weighted by atomic mass is 10.3. The van der Waals surface area contributed by atoms with Crippen LogP contribution in [-0.4, -0.2) is 25.3 Å². The van der Waals surface area contributed by atoms with Gasteiger partial charge in [-0.25, -0.2) is 15.0 Å². The van der Waals surface area contributed by atoms with E-state index in [1.54, 1.807) is 18.0 Å². The van der Waals surface area contributed by atoms with Gasteiger partial charge >= 0.3 is 0 Å². The standard InChI is InChI=1S/C17H13N5OS2/c23-15(10-2-3-10)21-17-20-12-5-4-11(8-13(12)25-17)24-14-9-19-16-18-6-1-7-22(14)16/h1,4-10H,2-3H2,(H,20,21,23). The number of hydrogen-bond acceptors (Lipinski definition) is 6. The van der Waals surface area contributed by atoms with Gasteiger partial charge in [-0.15, -0.1) is 0 Å². The number of hydrogen-bond donors (Lipinski definition) is 1. The van der Waals surface area contributed by atoms with Gasteiger partial charge in [-0.05, 0) is 37.1 Å². The maximum Gasteiger partial charge on any atom is 0.234 e. The van der Waals surface area contributed by atoms with E-state index in [0.717, 1.165) is 33.0 Å². The zero-order valence-corrected chi connectivity index (χ0v) is 14.7. The van der Waals surface area contributed by atoms with E-state index in [4.69, 9.17) is 0 Å². The number of imidazole rings is 1. The summed E-state index contributed by atoms with van der Waals surface area (Å²) in [5, 5.41) is 4.60. The maximum absolute atomic E-state index is 11.9. The van der Waals surface area contributed by atoms with Crippen molar-refractivity contribution in [3.63, 3.8) is 0 Å². The molecule has 1 fully saturated rings. The highest BCUT2D eigenvalue weighted by molar-refractivity contribution is 7.99. The van der Waals surface area contributed by atoms with Crippen molar-refractivity contribution in [2.45, 2.75) is 22.8 Å². The monoisotopic (exact) mass is 367 g/mol. The van der Waals surface area contributed by atoms with Crippen LogP contribution in [0.4, 0.5) is 5.13 Å². The minimum atomic E-state index is 0.0897. The lowest BCUT2D eigenvalue weighted by molar-refractivity contribution is -0.117. The zero-order chi connectivity index (χ0) is 16.8. The maximum atomic E-state index is 11.9. The summed E-state index contributed by atoms with van der Waals surface area (Å²) in [4.78, 5) is 26.0. The molecule has 0 unspecified atom stereocenters. The van der Waals surface area contributed by atoms with Crippen molar-refractivity contribution < 1.29 is 4.79 Å². The quantitative estimate of drug-likeness (QED) is 0.593. The highest BCUT2D eigenvalue weighted by Gasteiger charge is 2.30. The van der Waals surface area contributed by atoms with Crippen molar-refractivity contribution in [2.75, 3.05) is 5.32 Å². The fourth-order valence-corrected chi connectivity index (χ4v) is 4.46. The molecule has 1 aliphatic carbocycles. The van der Waals surface area contributed by atoms with E-state index in [-0.39, 0.29) is 11.8 Å². The number of nitrogens with one attached hydrogen (secondary N) is 1. The van der Waals surface area contributed by atoms with Crippen LogP contribution in [0.3, 0.4) is 0 Å². The Morgan fingerprint density at radius 1 is 1.32 bits per heavy atom. The fraction of sp³-hybridized carbons (Fsp3) is 0.176. The number of fused-ring (bicyclic) bond motifs is 2. The Morgan fingerprint density at radius 2 is 2.24 bits per heavy atom. The predicted octanol–water partition coefficient (Wildman–Crippen LogP) is 3.84. The molecule has 3 aromatic heterocycles. The molecule has 0 aliphatic heterocycles. The van der Waals surface area contributed by atoms with Crippen LogP contribution in [0.25, 0.3) is 16.0 Å².